The fourth-order valence-corrected chi connectivity index (χ4v) is 2.21. The van der Waals surface area contributed by atoms with E-state index in [1.165, 1.54) is 0 Å². The van der Waals surface area contributed by atoms with Crippen LogP contribution in [-0.4, -0.2) is 48.4 Å². The molecule has 0 unspecified atom stereocenters. The Balaban J connectivity index is 1.92. The van der Waals surface area contributed by atoms with Crippen LogP contribution in [0.3, 0.4) is 0 Å². The average molecular weight is 299 g/mol. The van der Waals surface area contributed by atoms with Gasteiger partial charge in [-0.25, -0.2) is 0 Å². The topological polar surface area (TPSA) is 36.7 Å². The Kier molecular flexibility index (Phi) is 4.02. The number of hydrogen-bond donors (Lipinski definition) is 0. The van der Waals surface area contributed by atoms with E-state index in [1.54, 1.807) is 12.1 Å². The molecule has 0 radical (unpaired) electrons. The number of nitrogens with zero attached hydrogens (tertiary/aromatic N) is 2. The van der Waals surface area contributed by atoms with Gasteiger partial charge in [0, 0.05) is 32.7 Å². The maximum atomic E-state index is 12.1. The first kappa shape index (κ1) is 12.4. The molecule has 1 aromatic heterocycles. The van der Waals surface area contributed by atoms with Gasteiger partial charge in [0.05, 0.1) is 0 Å². The molecule has 0 aliphatic carbocycles. The van der Waals surface area contributed by atoms with Crippen LogP contribution in [0.15, 0.2) is 33.9 Å². The zero-order valence-corrected chi connectivity index (χ0v) is 11.1. The van der Waals surface area contributed by atoms with Crippen molar-refractivity contribution in [3.05, 3.63) is 35.2 Å². The van der Waals surface area contributed by atoms with Crippen LogP contribution in [0.1, 0.15) is 10.6 Å². The van der Waals surface area contributed by atoms with Gasteiger partial charge in [0.25, 0.3) is 5.91 Å². The third kappa shape index (κ3) is 2.98. The van der Waals surface area contributed by atoms with Crippen molar-refractivity contribution in [3.8, 4) is 0 Å². The highest BCUT2D eigenvalue weighted by Gasteiger charge is 2.23. The van der Waals surface area contributed by atoms with Gasteiger partial charge in [0.1, 0.15) is 0 Å². The molecule has 0 spiro atoms. The average Bonchev–Trinajstić information content (AvgIpc) is 2.76. The molecule has 0 bridgehead atoms. The quantitative estimate of drug-likeness (QED) is 0.801. The molecule has 2 rings (SSSR count). The van der Waals surface area contributed by atoms with Crippen LogP contribution in [-0.2, 0) is 0 Å². The Morgan fingerprint density at radius 3 is 2.65 bits per heavy atom. The van der Waals surface area contributed by atoms with Gasteiger partial charge in [-0.2, -0.15) is 0 Å². The smallest absolute Gasteiger partial charge is 0.289 e. The molecule has 1 saturated heterocycles. The number of rotatable bonds is 3. The fourth-order valence-electron chi connectivity index (χ4n) is 1.90. The van der Waals surface area contributed by atoms with Crippen molar-refractivity contribution in [1.29, 1.82) is 0 Å². The lowest BCUT2D eigenvalue weighted by atomic mass is 10.3. The predicted molar refractivity (Wildman–Crippen MR) is 68.9 cm³/mol. The van der Waals surface area contributed by atoms with Crippen LogP contribution in [0.25, 0.3) is 0 Å². The molecule has 2 heterocycles. The summed E-state index contributed by atoms with van der Waals surface area (Å²) in [6, 6.07) is 3.43. The van der Waals surface area contributed by atoms with Gasteiger partial charge < -0.3 is 9.32 Å². The summed E-state index contributed by atoms with van der Waals surface area (Å²) in [4.78, 5) is 16.1. The Labute approximate surface area is 109 Å². The number of carbonyl (C=O) groups is 1. The number of hydrogen-bond acceptors (Lipinski definition) is 3. The van der Waals surface area contributed by atoms with Crippen molar-refractivity contribution in [2.24, 2.45) is 0 Å². The first-order valence-electron chi connectivity index (χ1n) is 5.58. The molecule has 1 fully saturated rings. The van der Waals surface area contributed by atoms with Crippen LogP contribution in [0.4, 0.5) is 0 Å². The van der Waals surface area contributed by atoms with E-state index in [-0.39, 0.29) is 5.91 Å². The predicted octanol–water partition coefficient (Wildman–Crippen LogP) is 1.99. The fraction of sp³-hybridized carbons (Fsp3) is 0.417. The number of amides is 1. The molecule has 1 amide bonds. The maximum Gasteiger partial charge on any atom is 0.289 e. The third-order valence-corrected chi connectivity index (χ3v) is 3.26. The van der Waals surface area contributed by atoms with E-state index in [4.69, 9.17) is 4.42 Å². The zero-order chi connectivity index (χ0) is 12.3. The lowest BCUT2D eigenvalue weighted by Gasteiger charge is -2.33. The van der Waals surface area contributed by atoms with Gasteiger partial charge in [-0.05, 0) is 28.1 Å². The Bertz CT molecular complexity index is 408. The number of furan rings is 1. The summed E-state index contributed by atoms with van der Waals surface area (Å²) >= 11 is 3.20. The highest BCUT2D eigenvalue weighted by atomic mass is 79.9. The summed E-state index contributed by atoms with van der Waals surface area (Å²) in [5.74, 6) is 0.364. The monoisotopic (exact) mass is 298 g/mol. The van der Waals surface area contributed by atoms with Crippen molar-refractivity contribution >= 4 is 21.8 Å². The van der Waals surface area contributed by atoms with Crippen molar-refractivity contribution < 1.29 is 9.21 Å². The lowest BCUT2D eigenvalue weighted by Crippen LogP contribution is -2.48. The van der Waals surface area contributed by atoms with Gasteiger partial charge in [-0.15, -0.1) is 6.58 Å². The van der Waals surface area contributed by atoms with E-state index in [9.17, 15) is 4.79 Å². The third-order valence-electron chi connectivity index (χ3n) is 2.83. The van der Waals surface area contributed by atoms with Crippen molar-refractivity contribution in [1.82, 2.24) is 9.80 Å². The van der Waals surface area contributed by atoms with Gasteiger partial charge in [0.2, 0.25) is 0 Å². The molecule has 0 N–H and O–H groups in total. The van der Waals surface area contributed by atoms with Gasteiger partial charge in [-0.1, -0.05) is 6.08 Å². The van der Waals surface area contributed by atoms with Crippen LogP contribution < -0.4 is 0 Å². The molecule has 92 valence electrons. The SMILES string of the molecule is C=CCN1CCN(C(=O)c2ccc(Br)o2)CC1. The molecular weight excluding hydrogens is 284 g/mol. The summed E-state index contributed by atoms with van der Waals surface area (Å²) < 4.78 is 5.86. The van der Waals surface area contributed by atoms with Crippen LogP contribution in [0.2, 0.25) is 0 Å². The molecule has 17 heavy (non-hydrogen) atoms. The molecule has 1 aliphatic rings. The minimum atomic E-state index is -0.0334. The minimum Gasteiger partial charge on any atom is -0.444 e. The largest absolute Gasteiger partial charge is 0.444 e. The Hall–Kier alpha value is -1.07. The van der Waals surface area contributed by atoms with Crippen molar-refractivity contribution in [3.63, 3.8) is 0 Å². The number of piperazine rings is 1. The molecule has 5 heteroatoms. The van der Waals surface area contributed by atoms with Crippen LogP contribution in [0.5, 0.6) is 0 Å². The molecule has 4 nitrogen and oxygen atoms in total. The van der Waals surface area contributed by atoms with E-state index >= 15 is 0 Å². The van der Waals surface area contributed by atoms with Crippen molar-refractivity contribution in [2.45, 2.75) is 0 Å². The Morgan fingerprint density at radius 1 is 1.41 bits per heavy atom. The van der Waals surface area contributed by atoms with E-state index in [2.05, 4.69) is 27.4 Å². The summed E-state index contributed by atoms with van der Waals surface area (Å²) in [6.45, 7) is 7.86. The molecular formula is C12H15BrN2O2. The highest BCUT2D eigenvalue weighted by molar-refractivity contribution is 9.10. The standard InChI is InChI=1S/C12H15BrN2O2/c1-2-5-14-6-8-15(9-7-14)12(16)10-3-4-11(13)17-10/h2-4H,1,5-9H2. The van der Waals surface area contributed by atoms with Crippen molar-refractivity contribution in [2.75, 3.05) is 32.7 Å². The molecule has 1 aromatic rings. The maximum absolute atomic E-state index is 12.1. The molecule has 0 aromatic carbocycles. The zero-order valence-electron chi connectivity index (χ0n) is 9.56. The van der Waals surface area contributed by atoms with Gasteiger partial charge >= 0.3 is 0 Å². The molecule has 0 saturated carbocycles. The van der Waals surface area contributed by atoms with E-state index in [0.29, 0.717) is 10.4 Å². The van der Waals surface area contributed by atoms with Gasteiger partial charge in [0.15, 0.2) is 10.4 Å². The summed E-state index contributed by atoms with van der Waals surface area (Å²) in [5.41, 5.74) is 0. The Morgan fingerprint density at radius 2 is 2.12 bits per heavy atom. The van der Waals surface area contributed by atoms with E-state index < -0.39 is 0 Å². The molecule has 0 atom stereocenters. The normalized spacial score (nSPS) is 17.1. The second-order valence-corrected chi connectivity index (χ2v) is 4.77. The number of halogens is 1. The second-order valence-electron chi connectivity index (χ2n) is 3.99. The van der Waals surface area contributed by atoms with E-state index in [1.807, 2.05) is 11.0 Å². The number of carbonyl (C=O) groups excluding carboxylic acids is 1. The summed E-state index contributed by atoms with van der Waals surface area (Å²) in [5, 5.41) is 0. The lowest BCUT2D eigenvalue weighted by molar-refractivity contribution is 0.0617. The second kappa shape index (κ2) is 5.51. The molecule has 1 aliphatic heterocycles. The van der Waals surface area contributed by atoms with Crippen LogP contribution >= 0.6 is 15.9 Å². The first-order chi connectivity index (χ1) is 8.20. The highest BCUT2D eigenvalue weighted by Crippen LogP contribution is 2.16. The summed E-state index contributed by atoms with van der Waals surface area (Å²) in [6.07, 6.45) is 1.89. The van der Waals surface area contributed by atoms with E-state index in [0.717, 1.165) is 32.7 Å². The van der Waals surface area contributed by atoms with Gasteiger partial charge in [-0.3, -0.25) is 9.69 Å². The first-order valence-corrected chi connectivity index (χ1v) is 6.38. The van der Waals surface area contributed by atoms with Crippen LogP contribution in [0, 0.1) is 0 Å². The summed E-state index contributed by atoms with van der Waals surface area (Å²) in [7, 11) is 0. The minimum absolute atomic E-state index is 0.0334.